The maximum absolute atomic E-state index is 14.1. The average molecular weight is 593 g/mol. The number of rotatable bonds is 8. The summed E-state index contributed by atoms with van der Waals surface area (Å²) in [5.74, 6) is -1.25. The summed E-state index contributed by atoms with van der Waals surface area (Å²) in [5, 5.41) is 9.52. The van der Waals surface area contributed by atoms with Gasteiger partial charge in [-0.3, -0.25) is 19.2 Å². The molecule has 1 saturated heterocycles. The molecule has 42 heavy (non-hydrogen) atoms. The highest BCUT2D eigenvalue weighted by atomic mass is 32.1. The van der Waals surface area contributed by atoms with Crippen LogP contribution in [0, 0.1) is 36.5 Å². The quantitative estimate of drug-likeness (QED) is 0.316. The Morgan fingerprint density at radius 2 is 1.93 bits per heavy atom. The average Bonchev–Trinajstić information content (AvgIpc) is 3.25. The first-order chi connectivity index (χ1) is 19.6. The van der Waals surface area contributed by atoms with Crippen molar-refractivity contribution in [3.63, 3.8) is 0 Å². The number of nitrogens with zero attached hydrogens (tertiary/aromatic N) is 2. The molecule has 3 heterocycles. The third-order valence-electron chi connectivity index (χ3n) is 8.92. The predicted molar refractivity (Wildman–Crippen MR) is 164 cm³/mol. The Labute approximate surface area is 249 Å². The van der Waals surface area contributed by atoms with Gasteiger partial charge in [0.1, 0.15) is 18.1 Å². The Bertz CT molecular complexity index is 1620. The Balaban J connectivity index is 1.40. The number of benzene rings is 1. The number of aromatic amines is 1. The third kappa shape index (κ3) is 5.54. The molecule has 5 N–H and O–H groups in total. The highest BCUT2D eigenvalue weighted by Gasteiger charge is 2.69. The number of nitrogens with two attached hydrogens (primary N) is 1. The van der Waals surface area contributed by atoms with E-state index in [0.717, 1.165) is 16.6 Å². The maximum atomic E-state index is 14.1. The number of likely N-dealkylation sites (tertiary alicyclic amines) is 1. The van der Waals surface area contributed by atoms with Crippen LogP contribution in [0.15, 0.2) is 34.4 Å². The molecule has 1 aliphatic carbocycles. The zero-order chi connectivity index (χ0) is 30.7. The number of aryl methyl sites for hydroxylation is 2. The van der Waals surface area contributed by atoms with E-state index < -0.39 is 35.4 Å². The first kappa shape index (κ1) is 29.8. The first-order valence-electron chi connectivity index (χ1n) is 14.3. The standard InChI is InChI=1S/C31H40N6O4S/c1-15-8-9-20-17(10-15)11-18(26(39)34-20)12-21(25(32)38)35-27(40)23-22-19(31(22,6)7)13-37(23)28(41)24(30(3,4)5)36-29-33-16(2)14-42-29/h8-11,14,19,21-24H,12-13H2,1-7H3,(H2,32,38)(H,33,36)(H,34,39)(H,35,40)/t19-,21?,22-,23-,24+/m0/s1. The van der Waals surface area contributed by atoms with E-state index in [1.807, 2.05) is 58.2 Å². The number of H-pyrrole nitrogens is 1. The largest absolute Gasteiger partial charge is 0.368 e. The fourth-order valence-electron chi connectivity index (χ4n) is 6.39. The number of piperidine rings is 1. The number of carbonyl (C=O) groups is 3. The summed E-state index contributed by atoms with van der Waals surface area (Å²) >= 11 is 1.43. The van der Waals surface area contributed by atoms with Gasteiger partial charge in [0.15, 0.2) is 5.13 Å². The van der Waals surface area contributed by atoms with Gasteiger partial charge < -0.3 is 26.3 Å². The van der Waals surface area contributed by atoms with Gasteiger partial charge in [-0.05, 0) is 60.1 Å². The van der Waals surface area contributed by atoms with E-state index in [4.69, 9.17) is 5.73 Å². The molecule has 224 valence electrons. The smallest absolute Gasteiger partial charge is 0.251 e. The Morgan fingerprint density at radius 3 is 2.55 bits per heavy atom. The minimum atomic E-state index is -1.12. The van der Waals surface area contributed by atoms with E-state index >= 15 is 0 Å². The zero-order valence-corrected chi connectivity index (χ0v) is 26.0. The van der Waals surface area contributed by atoms with Crippen LogP contribution in [-0.4, -0.2) is 57.3 Å². The number of fused-ring (bicyclic) bond motifs is 2. The lowest BCUT2D eigenvalue weighted by Gasteiger charge is -2.37. The lowest BCUT2D eigenvalue weighted by atomic mass is 9.85. The highest BCUT2D eigenvalue weighted by molar-refractivity contribution is 7.13. The summed E-state index contributed by atoms with van der Waals surface area (Å²) in [5.41, 5.74) is 7.73. The second-order valence-electron chi connectivity index (χ2n) is 13.5. The van der Waals surface area contributed by atoms with Gasteiger partial charge in [-0.25, -0.2) is 4.98 Å². The summed E-state index contributed by atoms with van der Waals surface area (Å²) in [7, 11) is 0. The van der Waals surface area contributed by atoms with E-state index in [1.54, 1.807) is 11.0 Å². The Kier molecular flexibility index (Phi) is 7.45. The second-order valence-corrected chi connectivity index (χ2v) is 14.4. The predicted octanol–water partition coefficient (Wildman–Crippen LogP) is 3.12. The summed E-state index contributed by atoms with van der Waals surface area (Å²) in [6.07, 6.45) is -0.0615. The summed E-state index contributed by atoms with van der Waals surface area (Å²) in [4.78, 5) is 62.4. The van der Waals surface area contributed by atoms with Crippen LogP contribution in [0.3, 0.4) is 0 Å². The number of hydrogen-bond acceptors (Lipinski definition) is 7. The number of anilines is 1. The number of nitrogens with one attached hydrogen (secondary N) is 3. The van der Waals surface area contributed by atoms with Crippen LogP contribution < -0.4 is 21.9 Å². The van der Waals surface area contributed by atoms with Crippen molar-refractivity contribution in [3.05, 3.63) is 56.8 Å². The van der Waals surface area contributed by atoms with E-state index in [1.165, 1.54) is 11.3 Å². The molecule has 1 saturated carbocycles. The van der Waals surface area contributed by atoms with Crippen LogP contribution in [0.4, 0.5) is 5.13 Å². The molecule has 1 aliphatic heterocycles. The first-order valence-corrected chi connectivity index (χ1v) is 15.2. The third-order valence-corrected chi connectivity index (χ3v) is 9.81. The molecule has 10 nitrogen and oxygen atoms in total. The Morgan fingerprint density at radius 1 is 1.21 bits per heavy atom. The van der Waals surface area contributed by atoms with E-state index in [0.29, 0.717) is 22.8 Å². The number of pyridine rings is 1. The van der Waals surface area contributed by atoms with Crippen LogP contribution in [0.1, 0.15) is 51.4 Å². The van der Waals surface area contributed by atoms with Crippen LogP contribution in [0.5, 0.6) is 0 Å². The number of hydrogen-bond donors (Lipinski definition) is 4. The van der Waals surface area contributed by atoms with Gasteiger partial charge in [-0.15, -0.1) is 11.3 Å². The fourth-order valence-corrected chi connectivity index (χ4v) is 7.11. The molecule has 1 unspecified atom stereocenters. The van der Waals surface area contributed by atoms with Crippen molar-refractivity contribution in [2.24, 2.45) is 28.4 Å². The van der Waals surface area contributed by atoms with Crippen LogP contribution in [-0.2, 0) is 20.8 Å². The molecule has 11 heteroatoms. The molecule has 5 atom stereocenters. The molecule has 0 spiro atoms. The monoisotopic (exact) mass is 592 g/mol. The molecular weight excluding hydrogens is 552 g/mol. The number of aromatic nitrogens is 2. The summed E-state index contributed by atoms with van der Waals surface area (Å²) in [6.45, 7) is 14.4. The van der Waals surface area contributed by atoms with Crippen LogP contribution >= 0.6 is 11.3 Å². The van der Waals surface area contributed by atoms with Crippen molar-refractivity contribution < 1.29 is 14.4 Å². The molecular formula is C31H40N6O4S. The van der Waals surface area contributed by atoms with Crippen molar-refractivity contribution >= 4 is 45.1 Å². The van der Waals surface area contributed by atoms with Crippen molar-refractivity contribution in [2.45, 2.75) is 73.0 Å². The van der Waals surface area contributed by atoms with E-state index in [2.05, 4.69) is 34.4 Å². The summed E-state index contributed by atoms with van der Waals surface area (Å²) in [6, 6.07) is 4.91. The van der Waals surface area contributed by atoms with Crippen molar-refractivity contribution in [3.8, 4) is 0 Å². The SMILES string of the molecule is Cc1ccc2[nH]c(=O)c(CC(NC(=O)[C@@H]3[C@@H]4[C@H](CN3C(=O)[C@@H](Nc3nc(C)cs3)C(C)(C)C)C4(C)C)C(N)=O)cc2c1. The molecule has 2 fully saturated rings. The number of thiazole rings is 1. The number of carbonyl (C=O) groups excluding carboxylic acids is 3. The molecule has 2 aliphatic rings. The maximum Gasteiger partial charge on any atom is 0.251 e. The summed E-state index contributed by atoms with van der Waals surface area (Å²) < 4.78 is 0. The van der Waals surface area contributed by atoms with Gasteiger partial charge >= 0.3 is 0 Å². The van der Waals surface area contributed by atoms with Gasteiger partial charge in [0.05, 0.1) is 5.69 Å². The van der Waals surface area contributed by atoms with Gasteiger partial charge in [0, 0.05) is 29.4 Å². The van der Waals surface area contributed by atoms with Crippen molar-refractivity contribution in [2.75, 3.05) is 11.9 Å². The minimum Gasteiger partial charge on any atom is -0.368 e. The van der Waals surface area contributed by atoms with E-state index in [-0.39, 0.29) is 35.1 Å². The molecule has 0 radical (unpaired) electrons. The highest BCUT2D eigenvalue weighted by Crippen LogP contribution is 2.65. The van der Waals surface area contributed by atoms with Crippen molar-refractivity contribution in [1.29, 1.82) is 0 Å². The Hall–Kier alpha value is -3.73. The fraction of sp³-hybridized carbons (Fsp3) is 0.516. The van der Waals surface area contributed by atoms with Gasteiger partial charge in [-0.1, -0.05) is 46.2 Å². The molecule has 2 aromatic heterocycles. The molecule has 0 bridgehead atoms. The van der Waals surface area contributed by atoms with Crippen molar-refractivity contribution in [1.82, 2.24) is 20.2 Å². The van der Waals surface area contributed by atoms with E-state index in [9.17, 15) is 19.2 Å². The van der Waals surface area contributed by atoms with Crippen LogP contribution in [0.2, 0.25) is 0 Å². The lowest BCUT2D eigenvalue weighted by molar-refractivity contribution is -0.143. The normalized spacial score (nSPS) is 22.4. The van der Waals surface area contributed by atoms with Crippen LogP contribution in [0.25, 0.3) is 10.9 Å². The lowest BCUT2D eigenvalue weighted by Crippen LogP contribution is -2.58. The molecule has 5 rings (SSSR count). The zero-order valence-electron chi connectivity index (χ0n) is 25.2. The molecule has 1 aromatic carbocycles. The van der Waals surface area contributed by atoms with Gasteiger partial charge in [0.25, 0.3) is 5.56 Å². The topological polar surface area (TPSA) is 150 Å². The minimum absolute atomic E-state index is 0.0512. The van der Waals surface area contributed by atoms with Gasteiger partial charge in [-0.2, -0.15) is 0 Å². The molecule has 3 amide bonds. The number of primary amides is 1. The van der Waals surface area contributed by atoms with Gasteiger partial charge in [0.2, 0.25) is 17.7 Å². The molecule has 3 aromatic rings. The second kappa shape index (κ2) is 10.5. The number of amides is 3.